The molecule has 9 nitrogen and oxygen atoms in total. The summed E-state index contributed by atoms with van der Waals surface area (Å²) >= 11 is 6.56. The molecule has 186 valence electrons. The van der Waals surface area contributed by atoms with E-state index in [0.29, 0.717) is 11.1 Å². The van der Waals surface area contributed by atoms with E-state index in [2.05, 4.69) is 10.6 Å². The van der Waals surface area contributed by atoms with Gasteiger partial charge in [0.15, 0.2) is 5.78 Å². The zero-order valence-electron chi connectivity index (χ0n) is 18.8. The number of pyridine rings is 1. The Bertz CT molecular complexity index is 1680. The van der Waals surface area contributed by atoms with Gasteiger partial charge >= 0.3 is 6.03 Å². The van der Waals surface area contributed by atoms with Crippen LogP contribution in [0.3, 0.4) is 0 Å². The van der Waals surface area contributed by atoms with E-state index in [1.165, 1.54) is 61.1 Å². The van der Waals surface area contributed by atoms with Crippen LogP contribution in [0, 0.1) is 5.82 Å². The zero-order chi connectivity index (χ0) is 26.2. The number of amides is 2. The van der Waals surface area contributed by atoms with Crippen molar-refractivity contribution in [2.75, 3.05) is 17.7 Å². The summed E-state index contributed by atoms with van der Waals surface area (Å²) in [7, 11) is -2.60. The van der Waals surface area contributed by atoms with Crippen molar-refractivity contribution in [1.82, 2.24) is 9.29 Å². The minimum atomic E-state index is -4.09. The van der Waals surface area contributed by atoms with Crippen LogP contribution in [0.15, 0.2) is 63.7 Å². The molecule has 0 aliphatic carbocycles. The fourth-order valence-electron chi connectivity index (χ4n) is 3.65. The number of Topliss-reactive ketones (excluding diaryl/α,β-unsaturated/α-hetero) is 1. The van der Waals surface area contributed by atoms with Crippen molar-refractivity contribution in [3.05, 3.63) is 80.8 Å². The van der Waals surface area contributed by atoms with Gasteiger partial charge in [0.1, 0.15) is 10.0 Å². The largest absolute Gasteiger partial charge is 0.385 e. The molecular formula is C23H18ClFN4O5S2. The van der Waals surface area contributed by atoms with Gasteiger partial charge in [-0.15, -0.1) is 11.3 Å². The molecule has 0 saturated heterocycles. The van der Waals surface area contributed by atoms with E-state index in [9.17, 15) is 27.2 Å². The number of hydrogen-bond acceptors (Lipinski definition) is 7. The number of hydrogen-bond donors (Lipinski definition) is 3. The van der Waals surface area contributed by atoms with Gasteiger partial charge in [-0.2, -0.15) is 0 Å². The van der Waals surface area contributed by atoms with Crippen molar-refractivity contribution in [2.24, 2.45) is 0 Å². The number of anilines is 2. The van der Waals surface area contributed by atoms with Gasteiger partial charge in [-0.05, 0) is 55.5 Å². The van der Waals surface area contributed by atoms with Crippen LogP contribution in [-0.2, 0) is 10.0 Å². The molecule has 2 aromatic carbocycles. The second-order valence-electron chi connectivity index (χ2n) is 7.53. The lowest BCUT2D eigenvalue weighted by molar-refractivity contribution is 0.101. The fourth-order valence-corrected chi connectivity index (χ4v) is 6.04. The van der Waals surface area contributed by atoms with E-state index < -0.39 is 27.4 Å². The molecule has 2 heterocycles. The molecule has 3 N–H and O–H groups in total. The summed E-state index contributed by atoms with van der Waals surface area (Å²) in [6.07, 6.45) is 1.46. The van der Waals surface area contributed by atoms with Crippen LogP contribution in [-0.4, -0.2) is 31.8 Å². The van der Waals surface area contributed by atoms with Crippen molar-refractivity contribution in [3.63, 3.8) is 0 Å². The smallest absolute Gasteiger partial charge is 0.333 e. The molecule has 0 fully saturated rings. The van der Waals surface area contributed by atoms with Gasteiger partial charge in [0, 0.05) is 30.0 Å². The number of nitrogens with one attached hydrogen (secondary N) is 3. The maximum atomic E-state index is 14.6. The molecule has 4 rings (SSSR count). The zero-order valence-corrected chi connectivity index (χ0v) is 21.1. The first-order valence-electron chi connectivity index (χ1n) is 10.3. The number of nitrogens with zero attached hydrogens (tertiary/aromatic N) is 1. The van der Waals surface area contributed by atoms with Crippen LogP contribution >= 0.6 is 22.9 Å². The number of ketones is 1. The highest BCUT2D eigenvalue weighted by molar-refractivity contribution is 7.92. The topological polar surface area (TPSA) is 126 Å². The highest BCUT2D eigenvalue weighted by Crippen LogP contribution is 2.29. The maximum Gasteiger partial charge on any atom is 0.333 e. The number of halogens is 2. The summed E-state index contributed by atoms with van der Waals surface area (Å²) in [5.41, 5.74) is 0.215. The first-order valence-corrected chi connectivity index (χ1v) is 13.0. The lowest BCUT2D eigenvalue weighted by Crippen LogP contribution is -2.33. The van der Waals surface area contributed by atoms with Crippen LogP contribution in [0.2, 0.25) is 4.34 Å². The number of fused-ring (bicyclic) bond motifs is 1. The van der Waals surface area contributed by atoms with Crippen LogP contribution in [0.1, 0.15) is 17.3 Å². The molecule has 0 aliphatic rings. The summed E-state index contributed by atoms with van der Waals surface area (Å²) in [6, 6.07) is 10.3. The van der Waals surface area contributed by atoms with Crippen molar-refractivity contribution in [3.8, 4) is 5.69 Å². The summed E-state index contributed by atoms with van der Waals surface area (Å²) in [5.74, 6) is -1.12. The number of carbonyl (C=O) groups excluding carboxylic acids is 2. The summed E-state index contributed by atoms with van der Waals surface area (Å²) < 4.78 is 42.4. The van der Waals surface area contributed by atoms with Gasteiger partial charge in [-0.1, -0.05) is 11.6 Å². The van der Waals surface area contributed by atoms with E-state index in [1.807, 2.05) is 4.72 Å². The molecule has 0 radical (unpaired) electrons. The lowest BCUT2D eigenvalue weighted by atomic mass is 10.0. The molecule has 13 heteroatoms. The fraction of sp³-hybridized carbons (Fsp3) is 0.0870. The Morgan fingerprint density at radius 1 is 1.06 bits per heavy atom. The molecule has 0 saturated carbocycles. The Hall–Kier alpha value is -3.74. The standard InChI is InChI=1S/C23H18ClFN4O5S2/c1-12(30)20-15-9-10-29(22(31)16(15)11-17(25)21(20)26-2)14-5-3-13(4-6-14)27-23(32)28-36(33,34)19-8-7-18(24)35-19/h3-11,26H,1-2H3,(H2,27,28,32). The molecule has 0 bridgehead atoms. The number of benzene rings is 2. The molecule has 0 spiro atoms. The van der Waals surface area contributed by atoms with Crippen molar-refractivity contribution < 1.29 is 22.4 Å². The van der Waals surface area contributed by atoms with Crippen molar-refractivity contribution in [1.29, 1.82) is 0 Å². The highest BCUT2D eigenvalue weighted by atomic mass is 35.5. The molecule has 0 aliphatic heterocycles. The van der Waals surface area contributed by atoms with Crippen LogP contribution in [0.25, 0.3) is 16.5 Å². The summed E-state index contributed by atoms with van der Waals surface area (Å²) in [5, 5.41) is 5.41. The molecular weight excluding hydrogens is 531 g/mol. The second-order valence-corrected chi connectivity index (χ2v) is 11.2. The number of rotatable bonds is 6. The molecule has 2 aromatic heterocycles. The van der Waals surface area contributed by atoms with Crippen molar-refractivity contribution >= 4 is 66.9 Å². The SMILES string of the molecule is CNc1c(F)cc2c(=O)n(-c3ccc(NC(=O)NS(=O)(=O)c4ccc(Cl)s4)cc3)ccc2c1C(C)=O. The molecule has 36 heavy (non-hydrogen) atoms. The average molecular weight is 549 g/mol. The third-order valence-electron chi connectivity index (χ3n) is 5.20. The minimum Gasteiger partial charge on any atom is -0.385 e. The Morgan fingerprint density at radius 2 is 1.75 bits per heavy atom. The predicted molar refractivity (Wildman–Crippen MR) is 138 cm³/mol. The normalized spacial score (nSPS) is 11.3. The summed E-state index contributed by atoms with van der Waals surface area (Å²) in [6.45, 7) is 1.29. The third kappa shape index (κ3) is 4.83. The predicted octanol–water partition coefficient (Wildman–Crippen LogP) is 4.60. The number of aromatic nitrogens is 1. The van der Waals surface area contributed by atoms with Gasteiger partial charge in [0.2, 0.25) is 0 Å². The Morgan fingerprint density at radius 3 is 2.33 bits per heavy atom. The van der Waals surface area contributed by atoms with Gasteiger partial charge < -0.3 is 10.6 Å². The second kappa shape index (κ2) is 9.72. The van der Waals surface area contributed by atoms with Gasteiger partial charge in [0.25, 0.3) is 15.6 Å². The van der Waals surface area contributed by atoms with Gasteiger partial charge in [0.05, 0.1) is 21.0 Å². The third-order valence-corrected chi connectivity index (χ3v) is 8.26. The van der Waals surface area contributed by atoms with Crippen LogP contribution < -0.4 is 20.9 Å². The highest BCUT2D eigenvalue weighted by Gasteiger charge is 2.21. The quantitative estimate of drug-likeness (QED) is 0.302. The van der Waals surface area contributed by atoms with Crippen LogP contribution in [0.5, 0.6) is 0 Å². The van der Waals surface area contributed by atoms with E-state index in [0.717, 1.165) is 17.4 Å². The number of carbonyl (C=O) groups is 2. The Labute approximate surface area is 213 Å². The Balaban J connectivity index is 1.60. The van der Waals surface area contributed by atoms with Gasteiger partial charge in [-0.25, -0.2) is 22.3 Å². The van der Waals surface area contributed by atoms with Crippen molar-refractivity contribution in [2.45, 2.75) is 11.1 Å². The van der Waals surface area contributed by atoms with E-state index >= 15 is 0 Å². The van der Waals surface area contributed by atoms with E-state index in [1.54, 1.807) is 6.07 Å². The maximum absolute atomic E-state index is 14.6. The Kier molecular flexibility index (Phi) is 6.85. The minimum absolute atomic E-state index is 0.0186. The van der Waals surface area contributed by atoms with E-state index in [4.69, 9.17) is 11.6 Å². The average Bonchev–Trinajstić information content (AvgIpc) is 3.26. The molecule has 0 atom stereocenters. The molecule has 2 amide bonds. The monoisotopic (exact) mass is 548 g/mol. The lowest BCUT2D eigenvalue weighted by Gasteiger charge is -2.14. The molecule has 4 aromatic rings. The van der Waals surface area contributed by atoms with E-state index in [-0.39, 0.29) is 36.7 Å². The molecule has 0 unspecified atom stereocenters. The van der Waals surface area contributed by atoms with Gasteiger partial charge in [-0.3, -0.25) is 14.2 Å². The number of sulfonamides is 1. The number of urea groups is 1. The summed E-state index contributed by atoms with van der Waals surface area (Å²) in [4.78, 5) is 37.5. The van der Waals surface area contributed by atoms with Crippen LogP contribution in [0.4, 0.5) is 20.6 Å². The number of thiophene rings is 1. The first-order chi connectivity index (χ1) is 17.0. The first kappa shape index (κ1) is 25.4.